The highest BCUT2D eigenvalue weighted by Crippen LogP contribution is 2.33. The van der Waals surface area contributed by atoms with Crippen LogP contribution < -0.4 is 20.1 Å². The lowest BCUT2D eigenvalue weighted by Crippen LogP contribution is -2.61. The highest BCUT2D eigenvalue weighted by atomic mass is 32.1. The van der Waals surface area contributed by atoms with Crippen LogP contribution in [-0.4, -0.2) is 141 Å². The quantitative estimate of drug-likeness (QED) is 0.127. The third-order valence-electron chi connectivity index (χ3n) is 14.3. The summed E-state index contributed by atoms with van der Waals surface area (Å²) in [6, 6.07) is 7.41. The molecule has 3 saturated heterocycles. The van der Waals surface area contributed by atoms with Crippen molar-refractivity contribution in [2.75, 3.05) is 52.9 Å². The first-order valence-corrected chi connectivity index (χ1v) is 25.0. The van der Waals surface area contributed by atoms with E-state index in [2.05, 4.69) is 25.7 Å². The van der Waals surface area contributed by atoms with Gasteiger partial charge in [0, 0.05) is 69.0 Å². The first-order chi connectivity index (χ1) is 32.9. The molecule has 9 rings (SSSR count). The number of piperazine rings is 1. The standard InChI is InChI=1S/C49H61F2N9O7S/c1-30-26-57(49(64)45(32-8-5-4-6-9-32)54-47(62)31(2)52-3)19-20-58(30)48(63)41-23-33-22-37(50)38(51)25-40(33)60(41)28-44(61)59-16-7-10-34(59)29-65-43-24-36(67-55-43)27-56-17-12-35(13-18-56)66-42-11-15-53-39-14-21-68-46(39)42/h11,14-15,21-25,30-32,34-35,45,52H,4-10,12-13,16-20,26-29H2,1-3H3,(H,54,62)/t30-,31-,34-,45?/m0/s1. The molecule has 364 valence electrons. The molecule has 3 aliphatic heterocycles. The number of halogens is 2. The molecule has 0 bridgehead atoms. The minimum atomic E-state index is -1.09. The number of nitrogens with zero attached hydrogens (tertiary/aromatic N) is 7. The summed E-state index contributed by atoms with van der Waals surface area (Å²) in [5, 5.41) is 12.4. The number of likely N-dealkylation sites (tertiary alicyclic amines) is 2. The van der Waals surface area contributed by atoms with Crippen molar-refractivity contribution in [3.05, 3.63) is 71.1 Å². The number of carbonyl (C=O) groups excluding carboxylic acids is 4. The summed E-state index contributed by atoms with van der Waals surface area (Å²) in [5.41, 5.74) is 1.28. The minimum Gasteiger partial charge on any atom is -0.489 e. The Hall–Kier alpha value is -5.66. The fraction of sp³-hybridized carbons (Fsp3) is 0.551. The summed E-state index contributed by atoms with van der Waals surface area (Å²) >= 11 is 1.63. The predicted octanol–water partition coefficient (Wildman–Crippen LogP) is 5.98. The number of likely N-dealkylation sites (N-methyl/N-ethyl adjacent to an activating group) is 1. The van der Waals surface area contributed by atoms with Crippen LogP contribution in [0.2, 0.25) is 0 Å². The molecule has 4 atom stereocenters. The number of aromatic nitrogens is 3. The zero-order valence-electron chi connectivity index (χ0n) is 39.0. The van der Waals surface area contributed by atoms with Gasteiger partial charge in [-0.05, 0) is 100 Å². The molecule has 4 amide bonds. The maximum Gasteiger partial charge on any atom is 0.270 e. The molecule has 4 fully saturated rings. The van der Waals surface area contributed by atoms with Crippen molar-refractivity contribution >= 4 is 56.1 Å². The van der Waals surface area contributed by atoms with Crippen LogP contribution in [0.25, 0.3) is 21.1 Å². The van der Waals surface area contributed by atoms with E-state index < -0.39 is 35.7 Å². The van der Waals surface area contributed by atoms with Crippen molar-refractivity contribution in [2.45, 2.75) is 115 Å². The van der Waals surface area contributed by atoms with Gasteiger partial charge in [-0.2, -0.15) is 0 Å². The lowest BCUT2D eigenvalue weighted by molar-refractivity contribution is -0.140. The predicted molar refractivity (Wildman–Crippen MR) is 251 cm³/mol. The maximum atomic E-state index is 14.8. The van der Waals surface area contributed by atoms with Gasteiger partial charge >= 0.3 is 0 Å². The second kappa shape index (κ2) is 20.9. The molecule has 4 aromatic heterocycles. The molecule has 16 nitrogen and oxygen atoms in total. The Labute approximate surface area is 398 Å². The molecule has 68 heavy (non-hydrogen) atoms. The number of pyridine rings is 1. The lowest BCUT2D eigenvalue weighted by atomic mass is 9.83. The number of hydrogen-bond donors (Lipinski definition) is 2. The molecule has 1 saturated carbocycles. The number of nitrogens with one attached hydrogen (secondary N) is 2. The highest BCUT2D eigenvalue weighted by molar-refractivity contribution is 7.17. The van der Waals surface area contributed by atoms with E-state index in [4.69, 9.17) is 14.0 Å². The largest absolute Gasteiger partial charge is 0.489 e. The van der Waals surface area contributed by atoms with Gasteiger partial charge in [-0.15, -0.1) is 11.3 Å². The number of benzene rings is 1. The zero-order valence-corrected chi connectivity index (χ0v) is 39.8. The number of hydrogen-bond acceptors (Lipinski definition) is 12. The Morgan fingerprint density at radius 2 is 1.72 bits per heavy atom. The van der Waals surface area contributed by atoms with E-state index in [0.717, 1.165) is 92.6 Å². The fourth-order valence-electron chi connectivity index (χ4n) is 10.4. The second-order valence-electron chi connectivity index (χ2n) is 18.8. The zero-order chi connectivity index (χ0) is 47.5. The van der Waals surface area contributed by atoms with Gasteiger partial charge < -0.3 is 43.9 Å². The number of thiophene rings is 1. The van der Waals surface area contributed by atoms with Crippen molar-refractivity contribution in [3.63, 3.8) is 0 Å². The third kappa shape index (κ3) is 10.3. The van der Waals surface area contributed by atoms with Gasteiger partial charge in [-0.1, -0.05) is 19.3 Å². The van der Waals surface area contributed by atoms with Crippen LogP contribution >= 0.6 is 11.3 Å². The van der Waals surface area contributed by atoms with Gasteiger partial charge in [0.05, 0.1) is 34.4 Å². The Bertz CT molecular complexity index is 2610. The van der Waals surface area contributed by atoms with E-state index in [1.54, 1.807) is 52.3 Å². The van der Waals surface area contributed by atoms with Crippen molar-refractivity contribution in [1.29, 1.82) is 0 Å². The van der Waals surface area contributed by atoms with E-state index in [9.17, 15) is 28.0 Å². The Morgan fingerprint density at radius 3 is 2.50 bits per heavy atom. The number of fused-ring (bicyclic) bond motifs is 2. The molecule has 1 aromatic carbocycles. The summed E-state index contributed by atoms with van der Waals surface area (Å²) in [4.78, 5) is 67.7. The molecule has 0 spiro atoms. The Morgan fingerprint density at radius 1 is 0.926 bits per heavy atom. The van der Waals surface area contributed by atoms with Crippen LogP contribution in [0.15, 0.2) is 52.5 Å². The lowest BCUT2D eigenvalue weighted by Gasteiger charge is -2.42. The number of amides is 4. The van der Waals surface area contributed by atoms with Gasteiger partial charge in [-0.3, -0.25) is 29.1 Å². The minimum absolute atomic E-state index is 0.0214. The molecular weight excluding hydrogens is 897 g/mol. The van der Waals surface area contributed by atoms with E-state index in [1.807, 2.05) is 24.4 Å². The number of ether oxygens (including phenoxy) is 2. The van der Waals surface area contributed by atoms with Crippen molar-refractivity contribution in [2.24, 2.45) is 5.92 Å². The van der Waals surface area contributed by atoms with E-state index >= 15 is 0 Å². The van der Waals surface area contributed by atoms with Gasteiger partial charge in [0.15, 0.2) is 17.4 Å². The Balaban J connectivity index is 0.815. The average Bonchev–Trinajstić information content (AvgIpc) is 4.19. The maximum absolute atomic E-state index is 14.8. The van der Waals surface area contributed by atoms with Crippen LogP contribution in [0.1, 0.15) is 87.9 Å². The molecule has 1 aliphatic carbocycles. The van der Waals surface area contributed by atoms with Crippen LogP contribution in [0.5, 0.6) is 11.6 Å². The van der Waals surface area contributed by atoms with Crippen molar-refractivity contribution in [1.82, 2.24) is 44.9 Å². The average molecular weight is 958 g/mol. The SMILES string of the molecule is CN[C@@H](C)C(=O)NC(C(=O)N1CCN(C(=O)c2cc3cc(F)c(F)cc3n2CC(=O)N2CCC[C@H]2COc2cc(CN3CCC(Oc4ccnc5ccsc45)CC3)on2)[C@@H](C)C1)C1CCCCC1. The van der Waals surface area contributed by atoms with Gasteiger partial charge in [0.2, 0.25) is 17.7 Å². The topological polar surface area (TPSA) is 168 Å². The summed E-state index contributed by atoms with van der Waals surface area (Å²) in [6.07, 6.45) is 9.85. The van der Waals surface area contributed by atoms with E-state index in [-0.39, 0.29) is 85.2 Å². The molecule has 0 radical (unpaired) electrons. The fourth-order valence-corrected chi connectivity index (χ4v) is 11.2. The van der Waals surface area contributed by atoms with Crippen LogP contribution in [0.4, 0.5) is 8.78 Å². The van der Waals surface area contributed by atoms with E-state index in [1.165, 1.54) is 10.6 Å². The highest BCUT2D eigenvalue weighted by Gasteiger charge is 2.39. The number of rotatable bonds is 15. The first-order valence-electron chi connectivity index (χ1n) is 24.1. The number of carbonyl (C=O) groups is 4. The van der Waals surface area contributed by atoms with Crippen molar-refractivity contribution < 1.29 is 42.0 Å². The summed E-state index contributed by atoms with van der Waals surface area (Å²) in [5.74, 6) is -1.37. The summed E-state index contributed by atoms with van der Waals surface area (Å²) in [7, 11) is 1.70. The normalized spacial score (nSPS) is 20.8. The number of piperidine rings is 1. The second-order valence-corrected chi connectivity index (χ2v) is 19.7. The molecule has 7 heterocycles. The molecule has 4 aliphatic rings. The smallest absolute Gasteiger partial charge is 0.270 e. The summed E-state index contributed by atoms with van der Waals surface area (Å²) in [6.45, 7) is 6.85. The molecule has 1 unspecified atom stereocenters. The molecule has 5 aromatic rings. The monoisotopic (exact) mass is 957 g/mol. The first kappa shape index (κ1) is 47.4. The molecule has 19 heteroatoms. The molecule has 2 N–H and O–H groups in total. The van der Waals surface area contributed by atoms with Gasteiger partial charge in [-0.25, -0.2) is 8.78 Å². The van der Waals surface area contributed by atoms with Crippen LogP contribution in [0, 0.1) is 17.6 Å². The van der Waals surface area contributed by atoms with E-state index in [0.29, 0.717) is 31.2 Å². The molecular formula is C49H61F2N9O7S. The van der Waals surface area contributed by atoms with Crippen LogP contribution in [0.3, 0.4) is 0 Å². The van der Waals surface area contributed by atoms with Gasteiger partial charge in [0.1, 0.15) is 36.7 Å². The Kier molecular flexibility index (Phi) is 14.6. The van der Waals surface area contributed by atoms with Crippen molar-refractivity contribution in [3.8, 4) is 11.6 Å². The van der Waals surface area contributed by atoms with Gasteiger partial charge in [0.25, 0.3) is 11.8 Å². The third-order valence-corrected chi connectivity index (χ3v) is 15.3. The van der Waals surface area contributed by atoms with Crippen LogP contribution in [-0.2, 0) is 27.5 Å². The summed E-state index contributed by atoms with van der Waals surface area (Å²) < 4.78 is 50.1.